The van der Waals surface area contributed by atoms with Crippen molar-refractivity contribution in [3.8, 4) is 5.75 Å². The summed E-state index contributed by atoms with van der Waals surface area (Å²) in [6.07, 6.45) is 9.64. The van der Waals surface area contributed by atoms with Crippen LogP contribution in [0.15, 0.2) is 55.1 Å². The normalized spacial score (nSPS) is 15.2. The summed E-state index contributed by atoms with van der Waals surface area (Å²) in [4.78, 5) is 25.9. The Labute approximate surface area is 235 Å². The lowest BCUT2D eigenvalue weighted by Gasteiger charge is -2.42. The third kappa shape index (κ3) is 6.95. The van der Waals surface area contributed by atoms with Crippen molar-refractivity contribution in [3.05, 3.63) is 81.9 Å². The lowest BCUT2D eigenvalue weighted by atomic mass is 9.99. The van der Waals surface area contributed by atoms with Crippen LogP contribution in [0.2, 0.25) is 10.0 Å². The minimum absolute atomic E-state index is 0.257. The summed E-state index contributed by atoms with van der Waals surface area (Å²) >= 11 is 12.2. The standard InChI is InChI=1S/C29H35Cl2N5O2/c1-20-8-12-32-16-22(20)19-36(23-4-6-25(38-3)7-5-23)24-10-14-35(15-11-24)21(2)9-13-34-29(37)28-26(30)17-33-18-27(28)31/h4-8,12,16-18,21,24H,9-11,13-15,19H2,1-3H3,(H,34,37). The minimum atomic E-state index is -0.269. The fourth-order valence-corrected chi connectivity index (χ4v) is 5.52. The fourth-order valence-electron chi connectivity index (χ4n) is 4.98. The van der Waals surface area contributed by atoms with E-state index in [4.69, 9.17) is 27.9 Å². The predicted molar refractivity (Wildman–Crippen MR) is 153 cm³/mol. The van der Waals surface area contributed by atoms with Crippen LogP contribution in [-0.4, -0.2) is 59.6 Å². The quantitative estimate of drug-likeness (QED) is 0.342. The van der Waals surface area contributed by atoms with Gasteiger partial charge >= 0.3 is 0 Å². The third-order valence-electron chi connectivity index (χ3n) is 7.38. The third-order valence-corrected chi connectivity index (χ3v) is 7.96. The van der Waals surface area contributed by atoms with Crippen molar-refractivity contribution in [2.75, 3.05) is 31.6 Å². The van der Waals surface area contributed by atoms with E-state index >= 15 is 0 Å². The second-order valence-corrected chi connectivity index (χ2v) is 10.6. The Morgan fingerprint density at radius 1 is 1.11 bits per heavy atom. The summed E-state index contributed by atoms with van der Waals surface area (Å²) in [5, 5.41) is 3.47. The largest absolute Gasteiger partial charge is 0.497 e. The van der Waals surface area contributed by atoms with Gasteiger partial charge in [-0.25, -0.2) is 0 Å². The summed E-state index contributed by atoms with van der Waals surface area (Å²) in [6, 6.07) is 11.2. The van der Waals surface area contributed by atoms with Gasteiger partial charge in [-0.3, -0.25) is 14.8 Å². The van der Waals surface area contributed by atoms with Gasteiger partial charge in [0.1, 0.15) is 5.75 Å². The number of hydrogen-bond donors (Lipinski definition) is 1. The maximum absolute atomic E-state index is 12.6. The number of carbonyl (C=O) groups is 1. The first-order valence-electron chi connectivity index (χ1n) is 13.0. The molecular weight excluding hydrogens is 521 g/mol. The Hall–Kier alpha value is -2.87. The Bertz CT molecular complexity index is 1200. The Morgan fingerprint density at radius 3 is 2.42 bits per heavy atom. The molecule has 0 saturated carbocycles. The Kier molecular flexibility index (Phi) is 9.83. The monoisotopic (exact) mass is 555 g/mol. The number of likely N-dealkylation sites (tertiary alicyclic amines) is 1. The lowest BCUT2D eigenvalue weighted by molar-refractivity contribution is 0.0945. The molecule has 0 aliphatic carbocycles. The first-order valence-corrected chi connectivity index (χ1v) is 13.7. The maximum Gasteiger partial charge on any atom is 0.254 e. The number of hydrogen-bond acceptors (Lipinski definition) is 6. The molecule has 3 heterocycles. The average molecular weight is 557 g/mol. The number of ether oxygens (including phenoxy) is 1. The molecule has 3 aromatic rings. The summed E-state index contributed by atoms with van der Waals surface area (Å²) < 4.78 is 5.38. The zero-order chi connectivity index (χ0) is 27.1. The highest BCUT2D eigenvalue weighted by molar-refractivity contribution is 6.39. The zero-order valence-electron chi connectivity index (χ0n) is 22.2. The van der Waals surface area contributed by atoms with Crippen molar-refractivity contribution < 1.29 is 9.53 Å². The second kappa shape index (κ2) is 13.3. The number of benzene rings is 1. The molecule has 4 rings (SSSR count). The number of amides is 1. The van der Waals surface area contributed by atoms with E-state index in [0.29, 0.717) is 18.6 Å². The van der Waals surface area contributed by atoms with Gasteiger partial charge in [0, 0.05) is 68.7 Å². The molecule has 202 valence electrons. The Morgan fingerprint density at radius 2 is 1.79 bits per heavy atom. The summed E-state index contributed by atoms with van der Waals surface area (Å²) in [5.74, 6) is 0.588. The molecule has 1 saturated heterocycles. The van der Waals surface area contributed by atoms with Gasteiger partial charge in [-0.1, -0.05) is 23.2 Å². The SMILES string of the molecule is COc1ccc(N(Cc2cnccc2C)C2CCN(C(C)CCNC(=O)c3c(Cl)cncc3Cl)CC2)cc1. The fraction of sp³-hybridized carbons (Fsp3) is 0.414. The van der Waals surface area contributed by atoms with Crippen molar-refractivity contribution in [3.63, 3.8) is 0 Å². The molecule has 1 aliphatic heterocycles. The molecule has 1 fully saturated rings. The van der Waals surface area contributed by atoms with Gasteiger partial charge in [-0.2, -0.15) is 0 Å². The molecule has 7 nitrogen and oxygen atoms in total. The number of rotatable bonds is 10. The summed E-state index contributed by atoms with van der Waals surface area (Å²) in [5.41, 5.74) is 3.96. The van der Waals surface area contributed by atoms with Crippen LogP contribution < -0.4 is 15.0 Å². The van der Waals surface area contributed by atoms with E-state index in [-0.39, 0.29) is 21.5 Å². The highest BCUT2D eigenvalue weighted by Crippen LogP contribution is 2.29. The molecule has 1 aromatic carbocycles. The van der Waals surface area contributed by atoms with Crippen LogP contribution in [0.5, 0.6) is 5.75 Å². The molecule has 2 aromatic heterocycles. The topological polar surface area (TPSA) is 70.6 Å². The highest BCUT2D eigenvalue weighted by Gasteiger charge is 2.28. The summed E-state index contributed by atoms with van der Waals surface area (Å²) in [7, 11) is 1.69. The van der Waals surface area contributed by atoms with E-state index in [9.17, 15) is 4.79 Å². The highest BCUT2D eigenvalue weighted by atomic mass is 35.5. The molecule has 1 N–H and O–H groups in total. The van der Waals surface area contributed by atoms with Gasteiger partial charge in [0.25, 0.3) is 5.91 Å². The van der Waals surface area contributed by atoms with E-state index in [1.165, 1.54) is 29.2 Å². The molecule has 0 bridgehead atoms. The van der Waals surface area contributed by atoms with Crippen molar-refractivity contribution in [1.82, 2.24) is 20.2 Å². The van der Waals surface area contributed by atoms with E-state index in [1.54, 1.807) is 7.11 Å². The molecular formula is C29H35Cl2N5O2. The van der Waals surface area contributed by atoms with Crippen molar-refractivity contribution >= 4 is 34.8 Å². The van der Waals surface area contributed by atoms with Gasteiger partial charge < -0.3 is 19.9 Å². The average Bonchev–Trinajstić information content (AvgIpc) is 2.93. The molecule has 0 spiro atoms. The molecule has 1 unspecified atom stereocenters. The van der Waals surface area contributed by atoms with E-state index in [0.717, 1.165) is 44.6 Å². The molecule has 1 amide bonds. The number of nitrogens with zero attached hydrogens (tertiary/aromatic N) is 4. The van der Waals surface area contributed by atoms with E-state index < -0.39 is 0 Å². The number of aryl methyl sites for hydroxylation is 1. The smallest absolute Gasteiger partial charge is 0.254 e. The molecule has 38 heavy (non-hydrogen) atoms. The minimum Gasteiger partial charge on any atom is -0.497 e. The molecule has 1 atom stereocenters. The first-order chi connectivity index (χ1) is 18.4. The number of carbonyl (C=O) groups excluding carboxylic acids is 1. The van der Waals surface area contributed by atoms with Gasteiger partial charge in [0.15, 0.2) is 0 Å². The van der Waals surface area contributed by atoms with Crippen molar-refractivity contribution in [1.29, 1.82) is 0 Å². The van der Waals surface area contributed by atoms with Crippen LogP contribution in [0.25, 0.3) is 0 Å². The van der Waals surface area contributed by atoms with Crippen LogP contribution in [0.1, 0.15) is 47.7 Å². The number of nitrogens with one attached hydrogen (secondary N) is 1. The number of pyridine rings is 2. The summed E-state index contributed by atoms with van der Waals surface area (Å²) in [6.45, 7) is 7.73. The molecule has 1 aliphatic rings. The van der Waals surface area contributed by atoms with Crippen LogP contribution in [0.3, 0.4) is 0 Å². The van der Waals surface area contributed by atoms with Crippen LogP contribution in [0.4, 0.5) is 5.69 Å². The van der Waals surface area contributed by atoms with Crippen molar-refractivity contribution in [2.45, 2.75) is 51.7 Å². The lowest BCUT2D eigenvalue weighted by Crippen LogP contribution is -2.48. The number of anilines is 1. The van der Waals surface area contributed by atoms with Crippen LogP contribution in [-0.2, 0) is 6.54 Å². The zero-order valence-corrected chi connectivity index (χ0v) is 23.7. The van der Waals surface area contributed by atoms with Gasteiger partial charge in [-0.05, 0) is 74.6 Å². The van der Waals surface area contributed by atoms with E-state index in [2.05, 4.69) is 57.1 Å². The van der Waals surface area contributed by atoms with Gasteiger partial charge in [0.2, 0.25) is 0 Å². The molecule has 9 heteroatoms. The first kappa shape index (κ1) is 28.1. The van der Waals surface area contributed by atoms with Crippen LogP contribution in [0, 0.1) is 6.92 Å². The van der Waals surface area contributed by atoms with Gasteiger partial charge in [-0.15, -0.1) is 0 Å². The second-order valence-electron chi connectivity index (χ2n) is 9.77. The van der Waals surface area contributed by atoms with Crippen molar-refractivity contribution in [2.24, 2.45) is 0 Å². The van der Waals surface area contributed by atoms with Crippen LogP contribution >= 0.6 is 23.2 Å². The molecule has 0 radical (unpaired) electrons. The van der Waals surface area contributed by atoms with Gasteiger partial charge in [0.05, 0.1) is 22.7 Å². The predicted octanol–water partition coefficient (Wildman–Crippen LogP) is 5.78. The number of aromatic nitrogens is 2. The number of halogens is 2. The van der Waals surface area contributed by atoms with E-state index in [1.807, 2.05) is 24.5 Å². The Balaban J connectivity index is 1.34. The maximum atomic E-state index is 12.6. The number of piperidine rings is 1. The number of methoxy groups -OCH3 is 1.